The molecule has 4 nitrogen and oxygen atoms in total. The van der Waals surface area contributed by atoms with Crippen LogP contribution in [0.25, 0.3) is 11.8 Å². The standard InChI is InChI=1S/C21H20N2O2/c1-15-21(16(2)23(22-15)18-9-5-4-6-10-18)20(24)13-12-17-8-7-11-19(14-17)25-3/h4-14H,1-3H3. The summed E-state index contributed by atoms with van der Waals surface area (Å²) < 4.78 is 7.01. The Morgan fingerprint density at radius 1 is 1.08 bits per heavy atom. The molecule has 3 aromatic rings. The molecule has 0 amide bonds. The highest BCUT2D eigenvalue weighted by atomic mass is 16.5. The molecule has 0 unspecified atom stereocenters. The van der Waals surface area contributed by atoms with Gasteiger partial charge in [0.05, 0.1) is 29.7 Å². The largest absolute Gasteiger partial charge is 0.497 e. The van der Waals surface area contributed by atoms with Gasteiger partial charge in [-0.2, -0.15) is 5.10 Å². The molecule has 0 aliphatic heterocycles. The molecule has 0 bridgehead atoms. The first-order valence-corrected chi connectivity index (χ1v) is 8.08. The zero-order valence-corrected chi connectivity index (χ0v) is 14.6. The topological polar surface area (TPSA) is 44.1 Å². The van der Waals surface area contributed by atoms with Crippen molar-refractivity contribution in [2.45, 2.75) is 13.8 Å². The van der Waals surface area contributed by atoms with E-state index in [9.17, 15) is 4.79 Å². The number of ketones is 1. The van der Waals surface area contributed by atoms with Crippen LogP contribution < -0.4 is 4.74 Å². The maximum Gasteiger partial charge on any atom is 0.189 e. The number of aromatic nitrogens is 2. The highest BCUT2D eigenvalue weighted by Gasteiger charge is 2.17. The Morgan fingerprint density at radius 3 is 2.56 bits per heavy atom. The second-order valence-electron chi connectivity index (χ2n) is 5.77. The summed E-state index contributed by atoms with van der Waals surface area (Å²) in [5, 5.41) is 4.53. The van der Waals surface area contributed by atoms with Crippen molar-refractivity contribution in [3.05, 3.63) is 83.2 Å². The zero-order valence-electron chi connectivity index (χ0n) is 14.6. The SMILES string of the molecule is COc1cccc(C=CC(=O)c2c(C)nn(-c3ccccc3)c2C)c1. The van der Waals surface area contributed by atoms with Crippen LogP contribution in [0.15, 0.2) is 60.7 Å². The molecule has 0 N–H and O–H groups in total. The molecule has 4 heteroatoms. The Bertz CT molecular complexity index is 924. The number of nitrogens with zero attached hydrogens (tertiary/aromatic N) is 2. The van der Waals surface area contributed by atoms with Crippen molar-refractivity contribution in [2.75, 3.05) is 7.11 Å². The van der Waals surface area contributed by atoms with Crippen LogP contribution in [0.4, 0.5) is 0 Å². The van der Waals surface area contributed by atoms with Gasteiger partial charge in [0, 0.05) is 0 Å². The third-order valence-corrected chi connectivity index (χ3v) is 4.06. The van der Waals surface area contributed by atoms with E-state index in [0.717, 1.165) is 28.4 Å². The van der Waals surface area contributed by atoms with E-state index >= 15 is 0 Å². The summed E-state index contributed by atoms with van der Waals surface area (Å²) in [5.74, 6) is 0.707. The molecular formula is C21H20N2O2. The Balaban J connectivity index is 1.90. The molecule has 1 aromatic heterocycles. The van der Waals surface area contributed by atoms with Gasteiger partial charge < -0.3 is 4.74 Å². The van der Waals surface area contributed by atoms with E-state index in [-0.39, 0.29) is 5.78 Å². The van der Waals surface area contributed by atoms with E-state index in [1.54, 1.807) is 19.3 Å². The number of aryl methyl sites for hydroxylation is 1. The molecule has 1 heterocycles. The first-order valence-electron chi connectivity index (χ1n) is 8.08. The van der Waals surface area contributed by atoms with Gasteiger partial charge in [-0.25, -0.2) is 4.68 Å². The molecular weight excluding hydrogens is 312 g/mol. The van der Waals surface area contributed by atoms with Crippen LogP contribution in [0.5, 0.6) is 5.75 Å². The lowest BCUT2D eigenvalue weighted by atomic mass is 10.1. The van der Waals surface area contributed by atoms with Gasteiger partial charge in [-0.1, -0.05) is 36.4 Å². The average molecular weight is 332 g/mol. The maximum atomic E-state index is 12.7. The summed E-state index contributed by atoms with van der Waals surface area (Å²) in [6.45, 7) is 3.78. The monoisotopic (exact) mass is 332 g/mol. The second-order valence-corrected chi connectivity index (χ2v) is 5.77. The van der Waals surface area contributed by atoms with Crippen LogP contribution >= 0.6 is 0 Å². The van der Waals surface area contributed by atoms with Crippen molar-refractivity contribution in [1.82, 2.24) is 9.78 Å². The number of para-hydroxylation sites is 1. The lowest BCUT2D eigenvalue weighted by Gasteiger charge is -2.04. The minimum Gasteiger partial charge on any atom is -0.497 e. The first kappa shape index (κ1) is 16.7. The summed E-state index contributed by atoms with van der Waals surface area (Å²) in [5.41, 5.74) is 4.06. The van der Waals surface area contributed by atoms with Gasteiger partial charge in [0.2, 0.25) is 0 Å². The maximum absolute atomic E-state index is 12.7. The second kappa shape index (κ2) is 7.18. The van der Waals surface area contributed by atoms with E-state index in [1.165, 1.54) is 0 Å². The van der Waals surface area contributed by atoms with Crippen LogP contribution in [0.2, 0.25) is 0 Å². The number of ether oxygens (including phenoxy) is 1. The van der Waals surface area contributed by atoms with Crippen molar-refractivity contribution in [3.63, 3.8) is 0 Å². The van der Waals surface area contributed by atoms with Crippen molar-refractivity contribution in [3.8, 4) is 11.4 Å². The first-order chi connectivity index (χ1) is 12.1. The normalized spacial score (nSPS) is 11.0. The number of hydrogen-bond acceptors (Lipinski definition) is 3. The third kappa shape index (κ3) is 3.53. The number of rotatable bonds is 5. The molecule has 126 valence electrons. The highest BCUT2D eigenvalue weighted by molar-refractivity contribution is 6.08. The van der Waals surface area contributed by atoms with Crippen LogP contribution in [0, 0.1) is 13.8 Å². The summed E-state index contributed by atoms with van der Waals surface area (Å²) in [6, 6.07) is 17.4. The minimum atomic E-state index is -0.0556. The fourth-order valence-electron chi connectivity index (χ4n) is 2.82. The zero-order chi connectivity index (χ0) is 17.8. The van der Waals surface area contributed by atoms with Crippen molar-refractivity contribution in [2.24, 2.45) is 0 Å². The fourth-order valence-corrected chi connectivity index (χ4v) is 2.82. The van der Waals surface area contributed by atoms with Gasteiger partial charge in [0.1, 0.15) is 5.75 Å². The smallest absolute Gasteiger partial charge is 0.189 e. The average Bonchev–Trinajstić information content (AvgIpc) is 2.95. The molecule has 25 heavy (non-hydrogen) atoms. The van der Waals surface area contributed by atoms with Gasteiger partial charge in [-0.3, -0.25) is 4.79 Å². The van der Waals surface area contributed by atoms with Crippen molar-refractivity contribution in [1.29, 1.82) is 0 Å². The minimum absolute atomic E-state index is 0.0556. The molecule has 0 spiro atoms. The summed E-state index contributed by atoms with van der Waals surface area (Å²) in [4.78, 5) is 12.7. The summed E-state index contributed by atoms with van der Waals surface area (Å²) in [6.07, 6.45) is 3.38. The molecule has 0 aliphatic carbocycles. The van der Waals surface area contributed by atoms with E-state index in [1.807, 2.05) is 73.1 Å². The number of carbonyl (C=O) groups is 1. The predicted molar refractivity (Wildman–Crippen MR) is 99.4 cm³/mol. The lowest BCUT2D eigenvalue weighted by Crippen LogP contribution is -2.01. The number of allylic oxidation sites excluding steroid dienone is 1. The van der Waals surface area contributed by atoms with Crippen molar-refractivity contribution < 1.29 is 9.53 Å². The van der Waals surface area contributed by atoms with Crippen molar-refractivity contribution >= 4 is 11.9 Å². The molecule has 0 fully saturated rings. The van der Waals surface area contributed by atoms with E-state index in [2.05, 4.69) is 5.10 Å². The Kier molecular flexibility index (Phi) is 4.80. The molecule has 0 radical (unpaired) electrons. The number of hydrogen-bond donors (Lipinski definition) is 0. The summed E-state index contributed by atoms with van der Waals surface area (Å²) in [7, 11) is 1.62. The summed E-state index contributed by atoms with van der Waals surface area (Å²) >= 11 is 0. The quantitative estimate of drug-likeness (QED) is 0.514. The molecule has 0 aliphatic rings. The number of benzene rings is 2. The van der Waals surface area contributed by atoms with Crippen LogP contribution in [-0.2, 0) is 0 Å². The van der Waals surface area contributed by atoms with Gasteiger partial charge in [0.15, 0.2) is 5.78 Å². The van der Waals surface area contributed by atoms with E-state index in [0.29, 0.717) is 5.56 Å². The molecule has 2 aromatic carbocycles. The molecule has 0 saturated carbocycles. The lowest BCUT2D eigenvalue weighted by molar-refractivity contribution is 0.104. The number of methoxy groups -OCH3 is 1. The van der Waals surface area contributed by atoms with Crippen LogP contribution in [-0.4, -0.2) is 22.7 Å². The van der Waals surface area contributed by atoms with Gasteiger partial charge in [-0.05, 0) is 49.8 Å². The highest BCUT2D eigenvalue weighted by Crippen LogP contribution is 2.20. The third-order valence-electron chi connectivity index (χ3n) is 4.06. The van der Waals surface area contributed by atoms with E-state index < -0.39 is 0 Å². The van der Waals surface area contributed by atoms with Gasteiger partial charge >= 0.3 is 0 Å². The van der Waals surface area contributed by atoms with Gasteiger partial charge in [0.25, 0.3) is 0 Å². The predicted octanol–water partition coefficient (Wildman–Crippen LogP) is 4.39. The fraction of sp³-hybridized carbons (Fsp3) is 0.143. The molecule has 0 saturated heterocycles. The van der Waals surface area contributed by atoms with Crippen LogP contribution in [0.3, 0.4) is 0 Å². The number of carbonyl (C=O) groups excluding carboxylic acids is 1. The Labute approximate surface area is 147 Å². The van der Waals surface area contributed by atoms with Crippen LogP contribution in [0.1, 0.15) is 27.3 Å². The van der Waals surface area contributed by atoms with E-state index in [4.69, 9.17) is 4.74 Å². The Morgan fingerprint density at radius 2 is 1.84 bits per heavy atom. The molecule has 3 rings (SSSR count). The Hall–Kier alpha value is -3.14. The molecule has 0 atom stereocenters. The van der Waals surface area contributed by atoms with Gasteiger partial charge in [-0.15, -0.1) is 0 Å².